The van der Waals surface area contributed by atoms with Gasteiger partial charge in [-0.05, 0) is 29.8 Å². The highest BCUT2D eigenvalue weighted by atomic mass is 32.1. The molecule has 0 aliphatic heterocycles. The molecule has 0 saturated heterocycles. The summed E-state index contributed by atoms with van der Waals surface area (Å²) in [6, 6.07) is 15.0. The van der Waals surface area contributed by atoms with E-state index >= 15 is 0 Å². The monoisotopic (exact) mass is 409 g/mol. The number of nitrogens with zero attached hydrogens (tertiary/aromatic N) is 4. The molecule has 2 aromatic carbocycles. The van der Waals surface area contributed by atoms with Crippen LogP contribution in [0.5, 0.6) is 5.75 Å². The van der Waals surface area contributed by atoms with E-state index in [4.69, 9.17) is 4.74 Å². The fourth-order valence-electron chi connectivity index (χ4n) is 2.91. The largest absolute Gasteiger partial charge is 0.497 e. The second-order valence-electron chi connectivity index (χ2n) is 6.46. The van der Waals surface area contributed by atoms with Crippen LogP contribution < -0.4 is 15.6 Å². The Morgan fingerprint density at radius 1 is 1.17 bits per heavy atom. The van der Waals surface area contributed by atoms with E-state index in [-0.39, 0.29) is 24.6 Å². The topological polar surface area (TPSA) is 91.0 Å². The zero-order chi connectivity index (χ0) is 20.2. The molecule has 1 amide bonds. The van der Waals surface area contributed by atoms with E-state index in [1.807, 2.05) is 42.5 Å². The normalized spacial score (nSPS) is 10.9. The molecule has 4 aromatic rings. The maximum absolute atomic E-state index is 12.3. The summed E-state index contributed by atoms with van der Waals surface area (Å²) >= 11 is 1.28. The quantitative estimate of drug-likeness (QED) is 0.504. The highest BCUT2D eigenvalue weighted by Crippen LogP contribution is 2.15. The Morgan fingerprint density at radius 2 is 1.97 bits per heavy atom. The van der Waals surface area contributed by atoms with Gasteiger partial charge in [-0.15, -0.1) is 5.10 Å². The van der Waals surface area contributed by atoms with Crippen LogP contribution in [0.3, 0.4) is 0 Å². The summed E-state index contributed by atoms with van der Waals surface area (Å²) in [4.78, 5) is 24.6. The number of nitrogens with one attached hydrogen (secondary N) is 1. The summed E-state index contributed by atoms with van der Waals surface area (Å²) in [7, 11) is 1.63. The van der Waals surface area contributed by atoms with Crippen LogP contribution in [0, 0.1) is 0 Å². The molecular formula is C20H19N5O3S. The maximum atomic E-state index is 12.3. The second kappa shape index (κ2) is 8.27. The van der Waals surface area contributed by atoms with Crippen LogP contribution in [0.4, 0.5) is 0 Å². The van der Waals surface area contributed by atoms with Gasteiger partial charge >= 0.3 is 0 Å². The third kappa shape index (κ3) is 4.35. The number of hydrogen-bond acceptors (Lipinski definition) is 6. The van der Waals surface area contributed by atoms with Crippen molar-refractivity contribution in [3.8, 4) is 5.75 Å². The van der Waals surface area contributed by atoms with Gasteiger partial charge in [0.15, 0.2) is 0 Å². The van der Waals surface area contributed by atoms with Crippen molar-refractivity contribution in [2.45, 2.75) is 19.6 Å². The zero-order valence-electron chi connectivity index (χ0n) is 15.7. The molecule has 0 fully saturated rings. The van der Waals surface area contributed by atoms with Crippen molar-refractivity contribution < 1.29 is 9.53 Å². The zero-order valence-corrected chi connectivity index (χ0v) is 16.6. The number of rotatable bonds is 7. The first-order valence-corrected chi connectivity index (χ1v) is 9.77. The van der Waals surface area contributed by atoms with Crippen molar-refractivity contribution >= 4 is 27.5 Å². The van der Waals surface area contributed by atoms with E-state index < -0.39 is 0 Å². The maximum Gasteiger partial charge on any atom is 0.268 e. The second-order valence-corrected chi connectivity index (χ2v) is 7.52. The van der Waals surface area contributed by atoms with Crippen LogP contribution in [0.25, 0.3) is 10.1 Å². The fraction of sp³-hybridized carbons (Fsp3) is 0.200. The molecule has 0 atom stereocenters. The predicted molar refractivity (Wildman–Crippen MR) is 110 cm³/mol. The predicted octanol–water partition coefficient (Wildman–Crippen LogP) is 2.03. The van der Waals surface area contributed by atoms with Crippen LogP contribution >= 0.6 is 11.5 Å². The van der Waals surface area contributed by atoms with Crippen LogP contribution in [0.2, 0.25) is 0 Å². The van der Waals surface area contributed by atoms with E-state index in [0.29, 0.717) is 17.6 Å². The van der Waals surface area contributed by atoms with Crippen molar-refractivity contribution in [3.63, 3.8) is 0 Å². The van der Waals surface area contributed by atoms with Gasteiger partial charge in [-0.25, -0.2) is 4.68 Å². The molecule has 0 bridgehead atoms. The number of carbonyl (C=O) groups excluding carboxylic acids is 1. The average Bonchev–Trinajstić information content (AvgIpc) is 3.32. The van der Waals surface area contributed by atoms with Crippen molar-refractivity contribution in [3.05, 3.63) is 76.3 Å². The summed E-state index contributed by atoms with van der Waals surface area (Å²) in [5, 5.41) is 11.6. The molecule has 0 spiro atoms. The van der Waals surface area contributed by atoms with Gasteiger partial charge in [-0.3, -0.25) is 13.5 Å². The van der Waals surface area contributed by atoms with Gasteiger partial charge in [0.1, 0.15) is 18.0 Å². The van der Waals surface area contributed by atoms with Gasteiger partial charge in [0.25, 0.3) is 5.56 Å². The lowest BCUT2D eigenvalue weighted by Crippen LogP contribution is -2.29. The molecule has 29 heavy (non-hydrogen) atoms. The average molecular weight is 409 g/mol. The summed E-state index contributed by atoms with van der Waals surface area (Å²) in [6.45, 7) is 0.807. The summed E-state index contributed by atoms with van der Waals surface area (Å²) in [5.74, 6) is 0.553. The molecule has 0 saturated carbocycles. The Kier molecular flexibility index (Phi) is 5.39. The molecule has 0 aliphatic carbocycles. The van der Waals surface area contributed by atoms with Crippen molar-refractivity contribution in [2.75, 3.05) is 7.11 Å². The van der Waals surface area contributed by atoms with Crippen LogP contribution in [-0.4, -0.2) is 32.0 Å². The Bertz CT molecular complexity index is 1190. The van der Waals surface area contributed by atoms with E-state index in [0.717, 1.165) is 16.0 Å². The molecule has 2 heterocycles. The van der Waals surface area contributed by atoms with Gasteiger partial charge in [-0.2, -0.15) is 0 Å². The first kappa shape index (κ1) is 18.9. The highest BCUT2D eigenvalue weighted by molar-refractivity contribution is 7.13. The third-order valence-electron chi connectivity index (χ3n) is 4.40. The van der Waals surface area contributed by atoms with E-state index in [9.17, 15) is 9.59 Å². The SMILES string of the molecule is COc1ccc(Cn2cc(CNC(=O)Cn3sc4ccccc4c3=O)nn2)cc1. The minimum Gasteiger partial charge on any atom is -0.497 e. The first-order chi connectivity index (χ1) is 14.1. The first-order valence-electron chi connectivity index (χ1n) is 9.00. The van der Waals surface area contributed by atoms with E-state index in [2.05, 4.69) is 15.6 Å². The van der Waals surface area contributed by atoms with E-state index in [1.54, 1.807) is 24.1 Å². The van der Waals surface area contributed by atoms with Crippen molar-refractivity contribution in [1.29, 1.82) is 0 Å². The molecule has 0 radical (unpaired) electrons. The third-order valence-corrected chi connectivity index (χ3v) is 5.46. The molecule has 0 unspecified atom stereocenters. The minimum absolute atomic E-state index is 0.0157. The van der Waals surface area contributed by atoms with Gasteiger partial charge in [0.2, 0.25) is 5.91 Å². The molecule has 0 aliphatic rings. The number of carbonyl (C=O) groups is 1. The number of methoxy groups -OCH3 is 1. The van der Waals surface area contributed by atoms with E-state index in [1.165, 1.54) is 15.5 Å². The number of ether oxygens (including phenoxy) is 1. The minimum atomic E-state index is -0.247. The summed E-state index contributed by atoms with van der Waals surface area (Å²) < 4.78 is 9.18. The number of benzene rings is 2. The summed E-state index contributed by atoms with van der Waals surface area (Å²) in [5.41, 5.74) is 1.57. The lowest BCUT2D eigenvalue weighted by molar-refractivity contribution is -0.121. The lowest BCUT2D eigenvalue weighted by atomic mass is 10.2. The Hall–Kier alpha value is -3.46. The van der Waals surface area contributed by atoms with Gasteiger partial charge < -0.3 is 10.1 Å². The Morgan fingerprint density at radius 3 is 2.72 bits per heavy atom. The molecule has 148 valence electrons. The molecular weight excluding hydrogens is 390 g/mol. The molecule has 1 N–H and O–H groups in total. The smallest absolute Gasteiger partial charge is 0.268 e. The van der Waals surface area contributed by atoms with Gasteiger partial charge in [0.05, 0.1) is 36.5 Å². The molecule has 8 nitrogen and oxygen atoms in total. The fourth-order valence-corrected chi connectivity index (χ4v) is 3.91. The Labute approximate surface area is 170 Å². The molecule has 2 aromatic heterocycles. The van der Waals surface area contributed by atoms with Crippen LogP contribution in [-0.2, 0) is 24.4 Å². The number of aromatic nitrogens is 4. The number of amides is 1. The summed E-state index contributed by atoms with van der Waals surface area (Å²) in [6.07, 6.45) is 1.79. The van der Waals surface area contributed by atoms with Crippen LogP contribution in [0.15, 0.2) is 59.5 Å². The number of hydrogen-bond donors (Lipinski definition) is 1. The van der Waals surface area contributed by atoms with Crippen molar-refractivity contribution in [2.24, 2.45) is 0 Å². The highest BCUT2D eigenvalue weighted by Gasteiger charge is 2.11. The van der Waals surface area contributed by atoms with Crippen molar-refractivity contribution in [1.82, 2.24) is 24.3 Å². The van der Waals surface area contributed by atoms with Gasteiger partial charge in [0, 0.05) is 0 Å². The standard InChI is InChI=1S/C20H19N5O3S/c1-28-16-8-6-14(7-9-16)11-24-12-15(22-23-24)10-21-19(26)13-25-20(27)17-4-2-3-5-18(17)29-25/h2-9,12H,10-11,13H2,1H3,(H,21,26). The molecule has 4 rings (SSSR count). The number of fused-ring (bicyclic) bond motifs is 1. The Balaban J connectivity index is 1.33. The lowest BCUT2D eigenvalue weighted by Gasteiger charge is -2.03. The van der Waals surface area contributed by atoms with Gasteiger partial charge in [-0.1, -0.05) is 41.0 Å². The molecule has 9 heteroatoms. The van der Waals surface area contributed by atoms with Crippen LogP contribution in [0.1, 0.15) is 11.3 Å².